The van der Waals surface area contributed by atoms with E-state index in [4.69, 9.17) is 4.52 Å². The van der Waals surface area contributed by atoms with E-state index in [1.807, 2.05) is 30.3 Å². The van der Waals surface area contributed by atoms with E-state index in [1.54, 1.807) is 13.1 Å². The maximum Gasteiger partial charge on any atom is 0.245 e. The molecule has 0 bridgehead atoms. The fraction of sp³-hybridized carbons (Fsp3) is 0.412. The molecule has 130 valence electrons. The maximum absolute atomic E-state index is 12.8. The number of aryl methyl sites for hydroxylation is 1. The Labute approximate surface area is 144 Å². The third kappa shape index (κ3) is 3.00. The molecule has 0 radical (unpaired) electrons. The van der Waals surface area contributed by atoms with E-state index >= 15 is 0 Å². The third-order valence-electron chi connectivity index (χ3n) is 4.71. The highest BCUT2D eigenvalue weighted by molar-refractivity contribution is 5.87. The molecule has 0 aromatic carbocycles. The number of pyridine rings is 1. The predicted octanol–water partition coefficient (Wildman–Crippen LogP) is 1.31. The normalized spacial score (nSPS) is 18.8. The molecule has 4 rings (SSSR count). The van der Waals surface area contributed by atoms with E-state index in [-0.39, 0.29) is 11.9 Å². The predicted molar refractivity (Wildman–Crippen MR) is 90.8 cm³/mol. The molecule has 1 N–H and O–H groups in total. The summed E-state index contributed by atoms with van der Waals surface area (Å²) in [5, 5.41) is 4.86. The van der Waals surface area contributed by atoms with E-state index in [1.165, 1.54) is 0 Å². The molecular formula is C17H20N6O2. The number of aromatic amines is 1. The number of rotatable bonds is 3. The smallest absolute Gasteiger partial charge is 0.245 e. The summed E-state index contributed by atoms with van der Waals surface area (Å²) >= 11 is 0. The first kappa shape index (κ1) is 15.8. The average molecular weight is 340 g/mol. The number of H-pyrrole nitrogens is 1. The molecule has 3 aromatic heterocycles. The van der Waals surface area contributed by atoms with Crippen molar-refractivity contribution in [1.29, 1.82) is 0 Å². The van der Waals surface area contributed by atoms with E-state index in [0.717, 1.165) is 23.1 Å². The molecule has 1 aliphatic rings. The molecule has 1 saturated heterocycles. The van der Waals surface area contributed by atoms with Gasteiger partial charge in [-0.15, -0.1) is 0 Å². The first-order valence-electron chi connectivity index (χ1n) is 8.31. The highest BCUT2D eigenvalue weighted by atomic mass is 16.5. The molecule has 1 atom stereocenters. The summed E-state index contributed by atoms with van der Waals surface area (Å²) in [5.74, 6) is 1.27. The zero-order valence-electron chi connectivity index (χ0n) is 14.3. The van der Waals surface area contributed by atoms with Gasteiger partial charge in [-0.1, -0.05) is 5.16 Å². The van der Waals surface area contributed by atoms with Crippen molar-refractivity contribution in [3.05, 3.63) is 41.8 Å². The topological polar surface area (TPSA) is 91.2 Å². The number of piperazine rings is 1. The summed E-state index contributed by atoms with van der Waals surface area (Å²) in [6.07, 6.45) is 3.96. The SMILES string of the molecule is Cc1noc([C@@H]2CN(C(=O)Cc3c[nH]c4ncccc34)CCN2C)n1. The van der Waals surface area contributed by atoms with Gasteiger partial charge in [0.2, 0.25) is 11.8 Å². The first-order chi connectivity index (χ1) is 12.1. The Morgan fingerprint density at radius 2 is 2.32 bits per heavy atom. The van der Waals surface area contributed by atoms with Gasteiger partial charge in [0.25, 0.3) is 0 Å². The van der Waals surface area contributed by atoms with Crippen molar-refractivity contribution < 1.29 is 9.32 Å². The lowest BCUT2D eigenvalue weighted by Gasteiger charge is -2.37. The van der Waals surface area contributed by atoms with Gasteiger partial charge in [-0.05, 0) is 31.7 Å². The van der Waals surface area contributed by atoms with Gasteiger partial charge < -0.3 is 14.4 Å². The number of aromatic nitrogens is 4. The summed E-state index contributed by atoms with van der Waals surface area (Å²) in [5.41, 5.74) is 1.78. The Morgan fingerprint density at radius 3 is 3.12 bits per heavy atom. The highest BCUT2D eigenvalue weighted by Crippen LogP contribution is 2.24. The number of carbonyl (C=O) groups is 1. The molecule has 0 aliphatic carbocycles. The van der Waals surface area contributed by atoms with Crippen molar-refractivity contribution in [2.75, 3.05) is 26.7 Å². The molecule has 1 amide bonds. The summed E-state index contributed by atoms with van der Waals surface area (Å²) in [7, 11) is 2.01. The minimum atomic E-state index is -0.0662. The summed E-state index contributed by atoms with van der Waals surface area (Å²) in [6, 6.07) is 3.80. The minimum Gasteiger partial charge on any atom is -0.346 e. The zero-order valence-corrected chi connectivity index (χ0v) is 14.3. The van der Waals surface area contributed by atoms with Gasteiger partial charge >= 0.3 is 0 Å². The summed E-state index contributed by atoms with van der Waals surface area (Å²) in [6.45, 7) is 3.81. The Kier molecular flexibility index (Phi) is 3.96. The Balaban J connectivity index is 1.50. The summed E-state index contributed by atoms with van der Waals surface area (Å²) in [4.78, 5) is 28.5. The van der Waals surface area contributed by atoms with Crippen LogP contribution in [-0.4, -0.2) is 62.5 Å². The van der Waals surface area contributed by atoms with Crippen LogP contribution >= 0.6 is 0 Å². The molecule has 1 fully saturated rings. The largest absolute Gasteiger partial charge is 0.346 e. The zero-order chi connectivity index (χ0) is 17.4. The standard InChI is InChI=1S/C17H20N6O2/c1-11-20-17(25-21-11)14-10-23(7-6-22(14)2)15(24)8-12-9-19-16-13(12)4-3-5-18-16/h3-5,9,14H,6-8,10H2,1-2H3,(H,18,19)/t14-/m0/s1. The second kappa shape index (κ2) is 6.29. The molecule has 0 saturated carbocycles. The molecule has 25 heavy (non-hydrogen) atoms. The van der Waals surface area contributed by atoms with Crippen LogP contribution in [0.1, 0.15) is 23.3 Å². The second-order valence-electron chi connectivity index (χ2n) is 6.41. The number of fused-ring (bicyclic) bond motifs is 1. The molecule has 3 aromatic rings. The van der Waals surface area contributed by atoms with Gasteiger partial charge in [-0.2, -0.15) is 4.98 Å². The fourth-order valence-corrected chi connectivity index (χ4v) is 3.25. The van der Waals surface area contributed by atoms with Crippen LogP contribution in [0.5, 0.6) is 0 Å². The number of hydrogen-bond acceptors (Lipinski definition) is 6. The van der Waals surface area contributed by atoms with Gasteiger partial charge in [0.1, 0.15) is 11.7 Å². The Morgan fingerprint density at radius 1 is 1.44 bits per heavy atom. The van der Waals surface area contributed by atoms with Crippen molar-refractivity contribution in [1.82, 2.24) is 29.9 Å². The molecule has 0 unspecified atom stereocenters. The van der Waals surface area contributed by atoms with E-state index in [2.05, 4.69) is 25.0 Å². The van der Waals surface area contributed by atoms with Crippen LogP contribution in [0.4, 0.5) is 0 Å². The van der Waals surface area contributed by atoms with E-state index in [0.29, 0.717) is 31.2 Å². The monoisotopic (exact) mass is 340 g/mol. The first-order valence-corrected chi connectivity index (χ1v) is 8.31. The van der Waals surface area contributed by atoms with Crippen molar-refractivity contribution in [3.63, 3.8) is 0 Å². The van der Waals surface area contributed by atoms with Gasteiger partial charge in [-0.25, -0.2) is 4.98 Å². The van der Waals surface area contributed by atoms with Gasteiger partial charge in [0, 0.05) is 37.4 Å². The molecule has 1 aliphatic heterocycles. The van der Waals surface area contributed by atoms with Crippen molar-refractivity contribution in [2.45, 2.75) is 19.4 Å². The number of hydrogen-bond donors (Lipinski definition) is 1. The molecule has 8 nitrogen and oxygen atoms in total. The number of carbonyl (C=O) groups excluding carboxylic acids is 1. The number of amides is 1. The minimum absolute atomic E-state index is 0.0662. The Hall–Kier alpha value is -2.74. The summed E-state index contributed by atoms with van der Waals surface area (Å²) < 4.78 is 5.31. The van der Waals surface area contributed by atoms with Crippen molar-refractivity contribution in [2.24, 2.45) is 0 Å². The van der Waals surface area contributed by atoms with E-state index in [9.17, 15) is 4.79 Å². The van der Waals surface area contributed by atoms with Crippen LogP contribution in [-0.2, 0) is 11.2 Å². The maximum atomic E-state index is 12.8. The highest BCUT2D eigenvalue weighted by Gasteiger charge is 2.32. The van der Waals surface area contributed by atoms with E-state index < -0.39 is 0 Å². The van der Waals surface area contributed by atoms with Crippen molar-refractivity contribution >= 4 is 16.9 Å². The average Bonchev–Trinajstić information content (AvgIpc) is 3.22. The number of nitrogens with one attached hydrogen (secondary N) is 1. The lowest BCUT2D eigenvalue weighted by Crippen LogP contribution is -2.49. The Bertz CT molecular complexity index is 901. The quantitative estimate of drug-likeness (QED) is 0.773. The molecule has 8 heteroatoms. The van der Waals surface area contributed by atoms with Crippen LogP contribution in [0, 0.1) is 6.92 Å². The lowest BCUT2D eigenvalue weighted by atomic mass is 10.1. The van der Waals surface area contributed by atoms with Gasteiger partial charge in [-0.3, -0.25) is 9.69 Å². The molecule has 4 heterocycles. The van der Waals surface area contributed by atoms with Crippen molar-refractivity contribution in [3.8, 4) is 0 Å². The van der Waals surface area contributed by atoms with Crippen LogP contribution < -0.4 is 0 Å². The van der Waals surface area contributed by atoms with Gasteiger partial charge in [0.05, 0.1) is 6.42 Å². The van der Waals surface area contributed by atoms with Gasteiger partial charge in [0.15, 0.2) is 5.82 Å². The van der Waals surface area contributed by atoms with Crippen LogP contribution in [0.2, 0.25) is 0 Å². The van der Waals surface area contributed by atoms with Crippen LogP contribution in [0.25, 0.3) is 11.0 Å². The number of likely N-dealkylation sites (N-methyl/N-ethyl adjacent to an activating group) is 1. The van der Waals surface area contributed by atoms with Crippen LogP contribution in [0.15, 0.2) is 29.0 Å². The molecule has 0 spiro atoms. The fourth-order valence-electron chi connectivity index (χ4n) is 3.25. The third-order valence-corrected chi connectivity index (χ3v) is 4.71. The van der Waals surface area contributed by atoms with Crippen LogP contribution in [0.3, 0.4) is 0 Å². The second-order valence-corrected chi connectivity index (χ2v) is 6.41. The molecular weight excluding hydrogens is 320 g/mol. The lowest BCUT2D eigenvalue weighted by molar-refractivity contribution is -0.133. The number of nitrogens with zero attached hydrogens (tertiary/aromatic N) is 5.